The predicted molar refractivity (Wildman–Crippen MR) is 94.6 cm³/mol. The molecular formula is C20H19N3O2. The largest absolute Gasteiger partial charge is 0.352 e. The Balaban J connectivity index is 1.61. The van der Waals surface area contributed by atoms with E-state index in [-0.39, 0.29) is 24.2 Å². The van der Waals surface area contributed by atoms with Crippen LogP contribution in [0.1, 0.15) is 23.1 Å². The first-order valence-electron chi connectivity index (χ1n) is 8.20. The van der Waals surface area contributed by atoms with E-state index in [4.69, 9.17) is 5.26 Å². The van der Waals surface area contributed by atoms with Gasteiger partial charge in [-0.15, -0.1) is 0 Å². The van der Waals surface area contributed by atoms with Gasteiger partial charge in [-0.1, -0.05) is 29.8 Å². The number of benzene rings is 2. The van der Waals surface area contributed by atoms with Gasteiger partial charge in [0.15, 0.2) is 0 Å². The monoisotopic (exact) mass is 333 g/mol. The molecule has 1 atom stereocenters. The van der Waals surface area contributed by atoms with Crippen molar-refractivity contribution in [2.75, 3.05) is 11.4 Å². The summed E-state index contributed by atoms with van der Waals surface area (Å²) >= 11 is 0. The normalized spacial score (nSPS) is 16.6. The number of aryl methyl sites for hydroxylation is 1. The van der Waals surface area contributed by atoms with Crippen LogP contribution in [-0.4, -0.2) is 18.4 Å². The lowest BCUT2D eigenvalue weighted by molar-refractivity contribution is -0.126. The Morgan fingerprint density at radius 3 is 2.76 bits per heavy atom. The second-order valence-electron chi connectivity index (χ2n) is 6.27. The number of rotatable bonds is 4. The summed E-state index contributed by atoms with van der Waals surface area (Å²) in [7, 11) is 0. The third kappa shape index (κ3) is 3.86. The molecule has 25 heavy (non-hydrogen) atoms. The summed E-state index contributed by atoms with van der Waals surface area (Å²) in [5.74, 6) is -0.520. The second kappa shape index (κ2) is 7.18. The topological polar surface area (TPSA) is 73.2 Å². The van der Waals surface area contributed by atoms with Crippen molar-refractivity contribution in [1.29, 1.82) is 5.26 Å². The molecule has 1 heterocycles. The Kier molecular flexibility index (Phi) is 4.80. The van der Waals surface area contributed by atoms with E-state index >= 15 is 0 Å². The average molecular weight is 333 g/mol. The van der Waals surface area contributed by atoms with Crippen molar-refractivity contribution in [2.45, 2.75) is 19.9 Å². The Bertz CT molecular complexity index is 837. The molecular weight excluding hydrogens is 314 g/mol. The highest BCUT2D eigenvalue weighted by Crippen LogP contribution is 2.25. The molecule has 0 spiro atoms. The van der Waals surface area contributed by atoms with Crippen molar-refractivity contribution in [3.63, 3.8) is 0 Å². The minimum atomic E-state index is -0.354. The molecule has 0 aliphatic carbocycles. The van der Waals surface area contributed by atoms with Crippen molar-refractivity contribution in [2.24, 2.45) is 5.92 Å². The zero-order valence-corrected chi connectivity index (χ0v) is 14.0. The summed E-state index contributed by atoms with van der Waals surface area (Å²) in [6, 6.07) is 16.9. The van der Waals surface area contributed by atoms with Crippen molar-refractivity contribution < 1.29 is 9.59 Å². The van der Waals surface area contributed by atoms with Crippen molar-refractivity contribution in [1.82, 2.24) is 5.32 Å². The van der Waals surface area contributed by atoms with E-state index in [9.17, 15) is 9.59 Å². The minimum absolute atomic E-state index is 0.0320. The van der Waals surface area contributed by atoms with Crippen LogP contribution in [0.5, 0.6) is 0 Å². The highest BCUT2D eigenvalue weighted by atomic mass is 16.2. The smallest absolute Gasteiger partial charge is 0.227 e. The van der Waals surface area contributed by atoms with Gasteiger partial charge in [-0.25, -0.2) is 0 Å². The summed E-state index contributed by atoms with van der Waals surface area (Å²) in [5.41, 5.74) is 3.39. The first-order chi connectivity index (χ1) is 12.1. The van der Waals surface area contributed by atoms with Gasteiger partial charge in [0.1, 0.15) is 0 Å². The molecule has 2 amide bonds. The van der Waals surface area contributed by atoms with Crippen molar-refractivity contribution in [3.8, 4) is 6.07 Å². The molecule has 3 rings (SSSR count). The van der Waals surface area contributed by atoms with Crippen molar-refractivity contribution in [3.05, 3.63) is 65.2 Å². The van der Waals surface area contributed by atoms with Crippen LogP contribution in [0.4, 0.5) is 5.69 Å². The van der Waals surface area contributed by atoms with Gasteiger partial charge in [-0.3, -0.25) is 9.59 Å². The van der Waals surface area contributed by atoms with Gasteiger partial charge in [-0.2, -0.15) is 5.26 Å². The van der Waals surface area contributed by atoms with E-state index in [0.29, 0.717) is 18.7 Å². The van der Waals surface area contributed by atoms with Crippen LogP contribution in [0, 0.1) is 24.2 Å². The summed E-state index contributed by atoms with van der Waals surface area (Å²) in [6.45, 7) is 2.74. The molecule has 0 saturated carbocycles. The van der Waals surface area contributed by atoms with Crippen LogP contribution < -0.4 is 10.2 Å². The maximum absolute atomic E-state index is 12.4. The number of nitrogens with zero attached hydrogens (tertiary/aromatic N) is 2. The molecule has 0 bridgehead atoms. The second-order valence-corrected chi connectivity index (χ2v) is 6.27. The maximum atomic E-state index is 12.4. The number of hydrogen-bond donors (Lipinski definition) is 1. The van der Waals surface area contributed by atoms with E-state index in [0.717, 1.165) is 16.8 Å². The first kappa shape index (κ1) is 16.7. The van der Waals surface area contributed by atoms with Gasteiger partial charge in [0.25, 0.3) is 0 Å². The number of nitriles is 1. The lowest BCUT2D eigenvalue weighted by Crippen LogP contribution is -2.32. The molecule has 0 radical (unpaired) electrons. The molecule has 5 nitrogen and oxygen atoms in total. The number of carbonyl (C=O) groups is 2. The summed E-state index contributed by atoms with van der Waals surface area (Å²) in [5, 5.41) is 11.8. The van der Waals surface area contributed by atoms with E-state index in [2.05, 4.69) is 11.4 Å². The minimum Gasteiger partial charge on any atom is -0.352 e. The summed E-state index contributed by atoms with van der Waals surface area (Å²) < 4.78 is 0. The van der Waals surface area contributed by atoms with E-state index in [1.54, 1.807) is 23.1 Å². The zero-order chi connectivity index (χ0) is 17.8. The molecule has 1 saturated heterocycles. The fourth-order valence-electron chi connectivity index (χ4n) is 2.94. The van der Waals surface area contributed by atoms with Crippen LogP contribution in [-0.2, 0) is 16.1 Å². The molecule has 5 heteroatoms. The highest BCUT2D eigenvalue weighted by Gasteiger charge is 2.34. The van der Waals surface area contributed by atoms with Crippen molar-refractivity contribution >= 4 is 17.5 Å². The summed E-state index contributed by atoms with van der Waals surface area (Å²) in [4.78, 5) is 26.3. The molecule has 126 valence electrons. The predicted octanol–water partition coefficient (Wildman–Crippen LogP) is 2.54. The lowest BCUT2D eigenvalue weighted by atomic mass is 10.1. The molecule has 1 aliphatic rings. The highest BCUT2D eigenvalue weighted by molar-refractivity contribution is 6.00. The standard InChI is InChI=1S/C20H19N3O2/c1-14-5-7-18(8-6-14)23-13-17(10-19(23)24)20(25)22-12-16-4-2-3-15(9-16)11-21/h2-9,17H,10,12-13H2,1H3,(H,22,25). The fourth-order valence-corrected chi connectivity index (χ4v) is 2.94. The molecule has 1 N–H and O–H groups in total. The molecule has 1 unspecified atom stereocenters. The van der Waals surface area contributed by atoms with E-state index in [1.807, 2.05) is 37.3 Å². The molecule has 0 aromatic heterocycles. The first-order valence-corrected chi connectivity index (χ1v) is 8.20. The van der Waals surface area contributed by atoms with Gasteiger partial charge in [0.05, 0.1) is 17.6 Å². The number of amides is 2. The fraction of sp³-hybridized carbons (Fsp3) is 0.250. The molecule has 2 aromatic rings. The molecule has 1 aliphatic heterocycles. The SMILES string of the molecule is Cc1ccc(N2CC(C(=O)NCc3cccc(C#N)c3)CC2=O)cc1. The van der Waals surface area contributed by atoms with E-state index < -0.39 is 0 Å². The van der Waals surface area contributed by atoms with Crippen LogP contribution >= 0.6 is 0 Å². The Labute approximate surface area is 146 Å². The Hall–Kier alpha value is -3.13. The third-order valence-electron chi connectivity index (χ3n) is 4.36. The Morgan fingerprint density at radius 2 is 2.04 bits per heavy atom. The van der Waals surface area contributed by atoms with Crippen LogP contribution in [0.15, 0.2) is 48.5 Å². The molecule has 1 fully saturated rings. The van der Waals surface area contributed by atoms with Gasteiger partial charge in [-0.05, 0) is 36.8 Å². The zero-order valence-electron chi connectivity index (χ0n) is 14.0. The summed E-state index contributed by atoms with van der Waals surface area (Å²) in [6.07, 6.45) is 0.220. The maximum Gasteiger partial charge on any atom is 0.227 e. The van der Waals surface area contributed by atoms with Crippen LogP contribution in [0.3, 0.4) is 0 Å². The van der Waals surface area contributed by atoms with Crippen LogP contribution in [0.2, 0.25) is 0 Å². The third-order valence-corrected chi connectivity index (χ3v) is 4.36. The van der Waals surface area contributed by atoms with Gasteiger partial charge in [0.2, 0.25) is 11.8 Å². The van der Waals surface area contributed by atoms with Crippen LogP contribution in [0.25, 0.3) is 0 Å². The number of anilines is 1. The van der Waals surface area contributed by atoms with Gasteiger partial charge < -0.3 is 10.2 Å². The van der Waals surface area contributed by atoms with E-state index in [1.165, 1.54) is 0 Å². The molecule has 2 aromatic carbocycles. The number of carbonyl (C=O) groups excluding carboxylic acids is 2. The van der Waals surface area contributed by atoms with Gasteiger partial charge >= 0.3 is 0 Å². The Morgan fingerprint density at radius 1 is 1.28 bits per heavy atom. The van der Waals surface area contributed by atoms with Gasteiger partial charge in [0, 0.05) is 25.2 Å². The lowest BCUT2D eigenvalue weighted by Gasteiger charge is -2.17. The number of hydrogen-bond acceptors (Lipinski definition) is 3. The number of nitrogens with one attached hydrogen (secondary N) is 1. The average Bonchev–Trinajstić information content (AvgIpc) is 3.02. The quantitative estimate of drug-likeness (QED) is 0.934.